The third-order valence-electron chi connectivity index (χ3n) is 8.57. The molecule has 2 saturated heterocycles. The maximum atomic E-state index is 11.7. The van der Waals surface area contributed by atoms with Crippen LogP contribution < -0.4 is 25.9 Å². The molecule has 0 aliphatic carbocycles. The standard InChI is InChI=1S/C19H24N2O2.C12H17NO.C7H8ClNO.ClH/c1-19(23-17-7-3-2-4-8-17)10-13-20(14-11-19)15-16-21-12-6-5-9-18(21)22;1-12(7-9-13-10-8-12)14-11-5-3-2-4-6-11;8-4-6-9-5-2-1-3-7(9)10;/h2-9,12H,10-11,13-16H2,1H3;2-6,13H,7-10H2,1H3;1-3,5H,4,6H2;1H. The molecule has 0 spiro atoms. The SMILES string of the molecule is CC1(Oc2ccccc2)CCN(CCn2ccccc2=O)CC1.CC1(Oc2ccccc2)CCNCC1.Cl.O=c1ccccn1CCCl. The minimum atomic E-state index is -0.0958. The van der Waals surface area contributed by atoms with E-state index in [-0.39, 0.29) is 34.7 Å². The number of pyridine rings is 2. The molecule has 4 aromatic rings. The molecule has 2 aromatic carbocycles. The van der Waals surface area contributed by atoms with E-state index in [1.54, 1.807) is 33.5 Å². The van der Waals surface area contributed by atoms with Crippen molar-refractivity contribution in [3.8, 4) is 11.5 Å². The number of aryl methyl sites for hydroxylation is 1. The monoisotopic (exact) mass is 696 g/mol. The van der Waals surface area contributed by atoms with E-state index in [9.17, 15) is 9.59 Å². The first-order valence-electron chi connectivity index (χ1n) is 16.6. The minimum absolute atomic E-state index is 0. The summed E-state index contributed by atoms with van der Waals surface area (Å²) in [5.41, 5.74) is -0.00137. The van der Waals surface area contributed by atoms with Gasteiger partial charge in [-0.1, -0.05) is 48.5 Å². The van der Waals surface area contributed by atoms with Crippen molar-refractivity contribution in [2.45, 2.75) is 63.8 Å². The Morgan fingerprint density at radius 3 is 1.52 bits per heavy atom. The van der Waals surface area contributed by atoms with Gasteiger partial charge in [-0.2, -0.15) is 0 Å². The molecule has 0 unspecified atom stereocenters. The molecule has 10 heteroatoms. The predicted octanol–water partition coefficient (Wildman–Crippen LogP) is 6.50. The van der Waals surface area contributed by atoms with Crippen LogP contribution in [0.15, 0.2) is 119 Å². The Labute approximate surface area is 296 Å². The number of ether oxygens (including phenoxy) is 2. The molecular weight excluding hydrogens is 647 g/mol. The lowest BCUT2D eigenvalue weighted by Gasteiger charge is -2.39. The van der Waals surface area contributed by atoms with Crippen LogP contribution in [0.4, 0.5) is 0 Å². The van der Waals surface area contributed by atoms with Crippen LogP contribution >= 0.6 is 24.0 Å². The Morgan fingerprint density at radius 1 is 0.625 bits per heavy atom. The lowest BCUT2D eigenvalue weighted by molar-refractivity contribution is 0.0158. The summed E-state index contributed by atoms with van der Waals surface area (Å²) < 4.78 is 15.5. The van der Waals surface area contributed by atoms with Crippen molar-refractivity contribution in [3.05, 3.63) is 130 Å². The molecule has 1 N–H and O–H groups in total. The van der Waals surface area contributed by atoms with Crippen LogP contribution in [0.3, 0.4) is 0 Å². The molecular formula is C38H50Cl2N4O4. The van der Waals surface area contributed by atoms with Crippen LogP contribution in [0.1, 0.15) is 39.5 Å². The van der Waals surface area contributed by atoms with E-state index in [1.807, 2.05) is 79.0 Å². The molecule has 260 valence electrons. The molecule has 0 radical (unpaired) electrons. The largest absolute Gasteiger partial charge is 0.487 e. The topological polar surface area (TPSA) is 77.7 Å². The lowest BCUT2D eigenvalue weighted by Crippen LogP contribution is -2.47. The minimum Gasteiger partial charge on any atom is -0.487 e. The number of hydrogen-bond acceptors (Lipinski definition) is 6. The summed E-state index contributed by atoms with van der Waals surface area (Å²) in [4.78, 5) is 25.0. The number of piperidine rings is 2. The van der Waals surface area contributed by atoms with Gasteiger partial charge in [-0.05, 0) is 89.0 Å². The smallest absolute Gasteiger partial charge is 0.250 e. The van der Waals surface area contributed by atoms with E-state index < -0.39 is 0 Å². The summed E-state index contributed by atoms with van der Waals surface area (Å²) >= 11 is 5.45. The molecule has 2 aliphatic rings. The predicted molar refractivity (Wildman–Crippen MR) is 198 cm³/mol. The molecule has 2 fully saturated rings. The molecule has 2 aromatic heterocycles. The lowest BCUT2D eigenvalue weighted by atomic mass is 9.93. The number of benzene rings is 2. The van der Waals surface area contributed by atoms with Crippen LogP contribution in [0.5, 0.6) is 11.5 Å². The van der Waals surface area contributed by atoms with Crippen molar-refractivity contribution in [3.63, 3.8) is 0 Å². The van der Waals surface area contributed by atoms with Gasteiger partial charge in [0.25, 0.3) is 11.1 Å². The zero-order valence-electron chi connectivity index (χ0n) is 28.1. The number of aromatic nitrogens is 2. The van der Waals surface area contributed by atoms with Gasteiger partial charge in [0.1, 0.15) is 22.7 Å². The van der Waals surface area contributed by atoms with Crippen LogP contribution in [0.2, 0.25) is 0 Å². The van der Waals surface area contributed by atoms with Gasteiger partial charge in [-0.25, -0.2) is 0 Å². The third-order valence-corrected chi connectivity index (χ3v) is 8.74. The highest BCUT2D eigenvalue weighted by molar-refractivity contribution is 6.17. The van der Waals surface area contributed by atoms with E-state index in [4.69, 9.17) is 21.1 Å². The maximum absolute atomic E-state index is 11.7. The summed E-state index contributed by atoms with van der Waals surface area (Å²) in [7, 11) is 0. The third kappa shape index (κ3) is 13.2. The van der Waals surface area contributed by atoms with E-state index in [1.165, 1.54) is 6.07 Å². The number of nitrogens with one attached hydrogen (secondary N) is 1. The van der Waals surface area contributed by atoms with Crippen molar-refractivity contribution in [1.82, 2.24) is 19.4 Å². The number of para-hydroxylation sites is 2. The van der Waals surface area contributed by atoms with Crippen LogP contribution in [-0.4, -0.2) is 63.8 Å². The number of likely N-dealkylation sites (tertiary alicyclic amines) is 1. The highest BCUT2D eigenvalue weighted by Gasteiger charge is 2.32. The fourth-order valence-corrected chi connectivity index (χ4v) is 5.77. The summed E-state index contributed by atoms with van der Waals surface area (Å²) in [6, 6.07) is 30.5. The van der Waals surface area contributed by atoms with Crippen LogP contribution in [-0.2, 0) is 13.1 Å². The molecule has 0 amide bonds. The first-order valence-corrected chi connectivity index (χ1v) is 17.1. The van der Waals surface area contributed by atoms with Gasteiger partial charge in [0.15, 0.2) is 0 Å². The number of hydrogen-bond donors (Lipinski definition) is 1. The van der Waals surface area contributed by atoms with Crippen molar-refractivity contribution in [2.75, 3.05) is 38.6 Å². The van der Waals surface area contributed by atoms with E-state index in [2.05, 4.69) is 24.1 Å². The maximum Gasteiger partial charge on any atom is 0.250 e. The Balaban J connectivity index is 0.000000213. The molecule has 6 rings (SSSR count). The molecule has 0 saturated carbocycles. The zero-order chi connectivity index (χ0) is 33.4. The molecule has 2 aliphatic heterocycles. The van der Waals surface area contributed by atoms with Gasteiger partial charge in [-0.3, -0.25) is 9.59 Å². The Hall–Kier alpha value is -3.56. The summed E-state index contributed by atoms with van der Waals surface area (Å²) in [6.07, 6.45) is 7.76. The summed E-state index contributed by atoms with van der Waals surface area (Å²) in [5, 5.41) is 3.35. The summed E-state index contributed by atoms with van der Waals surface area (Å²) in [5.74, 6) is 2.40. The number of alkyl halides is 1. The second kappa shape index (κ2) is 20.1. The second-order valence-electron chi connectivity index (χ2n) is 12.5. The molecule has 0 bridgehead atoms. The van der Waals surface area contributed by atoms with E-state index in [0.717, 1.165) is 76.5 Å². The first kappa shape index (κ1) is 38.9. The van der Waals surface area contributed by atoms with Gasteiger partial charge in [-0.15, -0.1) is 24.0 Å². The Bertz CT molecular complexity index is 1570. The molecule has 0 atom stereocenters. The average molecular weight is 698 g/mol. The number of halogens is 2. The van der Waals surface area contributed by atoms with Gasteiger partial charge < -0.3 is 28.8 Å². The average Bonchev–Trinajstić information content (AvgIpc) is 3.08. The Kier molecular flexibility index (Phi) is 16.3. The van der Waals surface area contributed by atoms with Crippen LogP contribution in [0.25, 0.3) is 0 Å². The molecule has 8 nitrogen and oxygen atoms in total. The highest BCUT2D eigenvalue weighted by Crippen LogP contribution is 2.28. The van der Waals surface area contributed by atoms with Crippen molar-refractivity contribution in [1.29, 1.82) is 0 Å². The van der Waals surface area contributed by atoms with Crippen molar-refractivity contribution in [2.24, 2.45) is 0 Å². The van der Waals surface area contributed by atoms with Gasteiger partial charge in [0.05, 0.1) is 0 Å². The van der Waals surface area contributed by atoms with E-state index >= 15 is 0 Å². The second-order valence-corrected chi connectivity index (χ2v) is 12.9. The van der Waals surface area contributed by atoms with Crippen molar-refractivity contribution >= 4 is 24.0 Å². The number of rotatable bonds is 9. The Morgan fingerprint density at radius 2 is 1.06 bits per heavy atom. The molecule has 48 heavy (non-hydrogen) atoms. The van der Waals surface area contributed by atoms with E-state index in [0.29, 0.717) is 12.4 Å². The summed E-state index contributed by atoms with van der Waals surface area (Å²) in [6.45, 7) is 10.8. The quantitative estimate of drug-likeness (QED) is 0.202. The normalized spacial score (nSPS) is 16.5. The van der Waals surface area contributed by atoms with Gasteiger partial charge in [0, 0.05) is 63.1 Å². The zero-order valence-corrected chi connectivity index (χ0v) is 29.7. The van der Waals surface area contributed by atoms with Crippen LogP contribution in [0, 0.1) is 0 Å². The first-order chi connectivity index (χ1) is 22.8. The molecule has 4 heterocycles. The fraction of sp³-hybridized carbons (Fsp3) is 0.421. The van der Waals surface area contributed by atoms with Crippen molar-refractivity contribution < 1.29 is 9.47 Å². The fourth-order valence-electron chi connectivity index (χ4n) is 5.59. The van der Waals surface area contributed by atoms with Gasteiger partial charge in [0.2, 0.25) is 0 Å². The number of nitrogens with zero attached hydrogens (tertiary/aromatic N) is 3. The van der Waals surface area contributed by atoms with Gasteiger partial charge >= 0.3 is 0 Å². The highest BCUT2D eigenvalue weighted by atomic mass is 35.5.